The maximum Gasteiger partial charge on any atom is -0.0533 e. The van der Waals surface area contributed by atoms with Crippen LogP contribution in [-0.4, -0.2) is 0 Å². The Morgan fingerprint density at radius 3 is 0.297 bits per heavy atom. The zero-order valence-electron chi connectivity index (χ0n) is 26.7. The smallest absolute Gasteiger partial charge is 0.0533 e. The Labute approximate surface area is 238 Å². The average Bonchev–Trinajstić information content (AvgIpc) is 2.91. The Bertz CT molecular complexity index is 325. The second-order valence-corrected chi connectivity index (χ2v) is 12.7. The van der Waals surface area contributed by atoms with Crippen LogP contribution in [0.15, 0.2) is 0 Å². The molecule has 0 heteroatoms. The van der Waals surface area contributed by atoms with Gasteiger partial charge in [0, 0.05) is 0 Å². The summed E-state index contributed by atoms with van der Waals surface area (Å²) in [4.78, 5) is 0. The summed E-state index contributed by atoms with van der Waals surface area (Å²) in [6.07, 6.45) is 51.9. The molecular weight excluding hydrogens is 444 g/mol. The van der Waals surface area contributed by atoms with E-state index >= 15 is 0 Å². The molecule has 0 aromatic rings. The van der Waals surface area contributed by atoms with E-state index in [2.05, 4.69) is 13.8 Å². The molecule has 0 rings (SSSR count). The molecule has 0 atom stereocenters. The Morgan fingerprint density at radius 1 is 0.135 bits per heavy atom. The first-order chi connectivity index (χ1) is 18.4. The highest BCUT2D eigenvalue weighted by molar-refractivity contribution is 4.53. The predicted octanol–water partition coefficient (Wildman–Crippen LogP) is 14.7. The van der Waals surface area contributed by atoms with E-state index in [4.69, 9.17) is 0 Å². The van der Waals surface area contributed by atoms with Crippen LogP contribution in [-0.2, 0) is 0 Å². The molecule has 0 nitrogen and oxygen atoms in total. The van der Waals surface area contributed by atoms with Crippen LogP contribution in [0.25, 0.3) is 0 Å². The molecule has 0 bridgehead atoms. The normalized spacial score (nSPS) is 11.5. The fourth-order valence-electron chi connectivity index (χ4n) is 5.98. The first-order valence-corrected chi connectivity index (χ1v) is 18.4. The maximum atomic E-state index is 2.31. The van der Waals surface area contributed by atoms with Crippen LogP contribution >= 0.6 is 0 Å². The van der Waals surface area contributed by atoms with Crippen LogP contribution in [0.1, 0.15) is 239 Å². The number of unbranched alkanes of at least 4 members (excludes halogenated alkanes) is 34. The molecular formula is C37H76. The molecule has 0 fully saturated rings. The van der Waals surface area contributed by atoms with Gasteiger partial charge in [-0.25, -0.2) is 0 Å². The molecule has 0 aromatic carbocycles. The van der Waals surface area contributed by atoms with E-state index in [1.807, 2.05) is 0 Å². The van der Waals surface area contributed by atoms with Crippen molar-refractivity contribution in [1.82, 2.24) is 0 Å². The van der Waals surface area contributed by atoms with E-state index in [9.17, 15) is 0 Å². The van der Waals surface area contributed by atoms with Crippen LogP contribution < -0.4 is 0 Å². The third-order valence-electron chi connectivity index (χ3n) is 8.71. The first-order valence-electron chi connectivity index (χ1n) is 18.4. The zero-order chi connectivity index (χ0) is 26.7. The molecule has 0 aromatic heterocycles. The first kappa shape index (κ1) is 37.0. The Morgan fingerprint density at radius 2 is 0.216 bits per heavy atom. The molecule has 0 amide bonds. The van der Waals surface area contributed by atoms with Crippen molar-refractivity contribution in [3.05, 3.63) is 0 Å². The van der Waals surface area contributed by atoms with E-state index in [1.54, 1.807) is 0 Å². The van der Waals surface area contributed by atoms with Gasteiger partial charge in [-0.2, -0.15) is 0 Å². The van der Waals surface area contributed by atoms with Gasteiger partial charge in [-0.1, -0.05) is 239 Å². The van der Waals surface area contributed by atoms with Crippen molar-refractivity contribution in [2.24, 2.45) is 0 Å². The molecule has 0 aliphatic carbocycles. The average molecular weight is 521 g/mol. The summed E-state index contributed by atoms with van der Waals surface area (Å²) in [5.74, 6) is 0. The van der Waals surface area contributed by atoms with Crippen molar-refractivity contribution in [3.63, 3.8) is 0 Å². The second-order valence-electron chi connectivity index (χ2n) is 12.7. The van der Waals surface area contributed by atoms with Gasteiger partial charge < -0.3 is 0 Å². The van der Waals surface area contributed by atoms with Gasteiger partial charge in [0.05, 0.1) is 0 Å². The van der Waals surface area contributed by atoms with E-state index in [-0.39, 0.29) is 0 Å². The standard InChI is InChI=1S/C37H76/c1-3-5-7-9-11-13-15-17-19-21-23-25-27-29-31-33-35-37-36-34-32-30-28-26-24-22-20-18-16-14-12-10-8-6-4-2/h3-37H2,1-2H3. The molecule has 0 unspecified atom stereocenters. The number of hydrogen-bond donors (Lipinski definition) is 0. The molecule has 0 spiro atoms. The van der Waals surface area contributed by atoms with Gasteiger partial charge in [-0.05, 0) is 0 Å². The predicted molar refractivity (Wildman–Crippen MR) is 173 cm³/mol. The summed E-state index contributed by atoms with van der Waals surface area (Å²) < 4.78 is 0. The minimum absolute atomic E-state index is 1.37. The summed E-state index contributed by atoms with van der Waals surface area (Å²) in [5.41, 5.74) is 0. The SMILES string of the molecule is CCCCCCCCCCCCCCCCCCCCCCCCCCCCCCCCCCCCC. The van der Waals surface area contributed by atoms with Gasteiger partial charge in [0.2, 0.25) is 0 Å². The van der Waals surface area contributed by atoms with Crippen LogP contribution in [0, 0.1) is 0 Å². The summed E-state index contributed by atoms with van der Waals surface area (Å²) in [6.45, 7) is 4.62. The molecule has 0 heterocycles. The minimum Gasteiger partial charge on any atom is -0.0654 e. The molecule has 0 aliphatic heterocycles. The fraction of sp³-hybridized carbons (Fsp3) is 1.00. The highest BCUT2D eigenvalue weighted by atomic mass is 14.0. The van der Waals surface area contributed by atoms with Crippen LogP contribution in [0.4, 0.5) is 0 Å². The van der Waals surface area contributed by atoms with Crippen molar-refractivity contribution in [2.75, 3.05) is 0 Å². The van der Waals surface area contributed by atoms with Crippen LogP contribution in [0.3, 0.4) is 0 Å². The Kier molecular flexibility index (Phi) is 36.0. The lowest BCUT2D eigenvalue weighted by molar-refractivity contribution is 0.511. The summed E-state index contributed by atoms with van der Waals surface area (Å²) >= 11 is 0. The second kappa shape index (κ2) is 36.0. The highest BCUT2D eigenvalue weighted by Crippen LogP contribution is 2.17. The summed E-state index contributed by atoms with van der Waals surface area (Å²) in [7, 11) is 0. The quantitative estimate of drug-likeness (QED) is 0.0740. The summed E-state index contributed by atoms with van der Waals surface area (Å²) in [6, 6.07) is 0. The fourth-order valence-corrected chi connectivity index (χ4v) is 5.98. The molecule has 0 radical (unpaired) electrons. The number of rotatable bonds is 34. The van der Waals surface area contributed by atoms with Crippen molar-refractivity contribution in [1.29, 1.82) is 0 Å². The van der Waals surface area contributed by atoms with Crippen molar-refractivity contribution in [3.8, 4) is 0 Å². The van der Waals surface area contributed by atoms with E-state index in [0.717, 1.165) is 0 Å². The lowest BCUT2D eigenvalue weighted by atomic mass is 10.0. The topological polar surface area (TPSA) is 0 Å². The highest BCUT2D eigenvalue weighted by Gasteiger charge is 1.97. The van der Waals surface area contributed by atoms with Gasteiger partial charge in [-0.15, -0.1) is 0 Å². The van der Waals surface area contributed by atoms with Crippen molar-refractivity contribution < 1.29 is 0 Å². The molecule has 224 valence electrons. The molecule has 0 saturated heterocycles. The molecule has 0 N–H and O–H groups in total. The van der Waals surface area contributed by atoms with Crippen LogP contribution in [0.5, 0.6) is 0 Å². The number of hydrogen-bond acceptors (Lipinski definition) is 0. The van der Waals surface area contributed by atoms with E-state index in [1.165, 1.54) is 225 Å². The van der Waals surface area contributed by atoms with E-state index < -0.39 is 0 Å². The largest absolute Gasteiger partial charge is 0.0654 e. The lowest BCUT2D eigenvalue weighted by Gasteiger charge is -2.05. The van der Waals surface area contributed by atoms with E-state index in [0.29, 0.717) is 0 Å². The summed E-state index contributed by atoms with van der Waals surface area (Å²) in [5, 5.41) is 0. The van der Waals surface area contributed by atoms with Gasteiger partial charge in [0.25, 0.3) is 0 Å². The Balaban J connectivity index is 3.00. The third-order valence-corrected chi connectivity index (χ3v) is 8.71. The van der Waals surface area contributed by atoms with Gasteiger partial charge in [0.15, 0.2) is 0 Å². The molecule has 37 heavy (non-hydrogen) atoms. The van der Waals surface area contributed by atoms with Crippen molar-refractivity contribution >= 4 is 0 Å². The molecule has 0 saturated carbocycles. The monoisotopic (exact) mass is 521 g/mol. The Hall–Kier alpha value is 0. The van der Waals surface area contributed by atoms with Crippen LogP contribution in [0.2, 0.25) is 0 Å². The zero-order valence-corrected chi connectivity index (χ0v) is 26.7. The lowest BCUT2D eigenvalue weighted by Crippen LogP contribution is -1.85. The van der Waals surface area contributed by atoms with Gasteiger partial charge in [0.1, 0.15) is 0 Å². The van der Waals surface area contributed by atoms with Gasteiger partial charge in [-0.3, -0.25) is 0 Å². The maximum absolute atomic E-state index is 2.31. The minimum atomic E-state index is 1.37. The van der Waals surface area contributed by atoms with Crippen molar-refractivity contribution in [2.45, 2.75) is 239 Å². The molecule has 0 aliphatic rings. The van der Waals surface area contributed by atoms with Gasteiger partial charge >= 0.3 is 0 Å². The third kappa shape index (κ3) is 36.0.